The molecular formula is C15H9ClN2O3. The van der Waals surface area contributed by atoms with E-state index in [-0.39, 0.29) is 11.5 Å². The van der Waals surface area contributed by atoms with Crippen LogP contribution in [0, 0.1) is 0 Å². The number of aromatic nitrogens is 2. The number of nitrogens with zero attached hydrogens (tertiary/aromatic N) is 2. The van der Waals surface area contributed by atoms with Crippen LogP contribution >= 0.6 is 11.6 Å². The van der Waals surface area contributed by atoms with Crippen LogP contribution in [-0.4, -0.2) is 21.3 Å². The first-order chi connectivity index (χ1) is 10.1. The van der Waals surface area contributed by atoms with Gasteiger partial charge in [-0.2, -0.15) is 0 Å². The number of carboxylic acid groups (broad SMARTS) is 1. The molecule has 0 aliphatic rings. The molecule has 1 aromatic heterocycles. The molecule has 5 nitrogen and oxygen atoms in total. The Morgan fingerprint density at radius 1 is 1.00 bits per heavy atom. The number of carbonyl (C=O) groups is 1. The zero-order valence-electron chi connectivity index (χ0n) is 10.7. The Balaban J connectivity index is 1.98. The number of hydrogen-bond acceptors (Lipinski definition) is 4. The monoisotopic (exact) mass is 300 g/mol. The van der Waals surface area contributed by atoms with Gasteiger partial charge in [-0.3, -0.25) is 0 Å². The van der Waals surface area contributed by atoms with Crippen LogP contribution in [0.15, 0.2) is 52.9 Å². The SMILES string of the molecule is O=C(O)c1cccc(-c2nnc(-c3cccc(Cl)c3)o2)c1. The first-order valence-corrected chi connectivity index (χ1v) is 6.44. The summed E-state index contributed by atoms with van der Waals surface area (Å²) in [5.41, 5.74) is 1.42. The highest BCUT2D eigenvalue weighted by atomic mass is 35.5. The third-order valence-electron chi connectivity index (χ3n) is 2.85. The standard InChI is InChI=1S/C15H9ClN2O3/c16-12-6-2-4-10(8-12)14-18-17-13(21-14)9-3-1-5-11(7-9)15(19)20/h1-8H,(H,19,20). The topological polar surface area (TPSA) is 76.2 Å². The van der Waals surface area contributed by atoms with Crippen LogP contribution in [0.1, 0.15) is 10.4 Å². The normalized spacial score (nSPS) is 10.5. The van der Waals surface area contributed by atoms with Crippen LogP contribution < -0.4 is 0 Å². The third-order valence-corrected chi connectivity index (χ3v) is 3.09. The second-order valence-corrected chi connectivity index (χ2v) is 4.75. The smallest absolute Gasteiger partial charge is 0.335 e. The lowest BCUT2D eigenvalue weighted by atomic mass is 10.1. The molecule has 0 spiro atoms. The molecule has 0 aliphatic heterocycles. The number of benzene rings is 2. The predicted molar refractivity (Wildman–Crippen MR) is 77.1 cm³/mol. The molecule has 3 aromatic rings. The highest BCUT2D eigenvalue weighted by Gasteiger charge is 2.12. The van der Waals surface area contributed by atoms with Gasteiger partial charge in [0.25, 0.3) is 0 Å². The maximum atomic E-state index is 11.0. The number of halogens is 1. The largest absolute Gasteiger partial charge is 0.478 e. The van der Waals surface area contributed by atoms with Crippen molar-refractivity contribution in [1.29, 1.82) is 0 Å². The molecule has 1 heterocycles. The van der Waals surface area contributed by atoms with E-state index in [1.54, 1.807) is 36.4 Å². The van der Waals surface area contributed by atoms with Gasteiger partial charge in [-0.05, 0) is 36.4 Å². The maximum absolute atomic E-state index is 11.0. The summed E-state index contributed by atoms with van der Waals surface area (Å²) in [6, 6.07) is 13.4. The summed E-state index contributed by atoms with van der Waals surface area (Å²) in [5, 5.41) is 17.5. The van der Waals surface area contributed by atoms with Crippen molar-refractivity contribution in [2.24, 2.45) is 0 Å². The number of rotatable bonds is 3. The van der Waals surface area contributed by atoms with Crippen molar-refractivity contribution < 1.29 is 14.3 Å². The molecule has 0 unspecified atom stereocenters. The molecule has 104 valence electrons. The van der Waals surface area contributed by atoms with E-state index in [1.165, 1.54) is 12.1 Å². The lowest BCUT2D eigenvalue weighted by Crippen LogP contribution is -1.95. The fraction of sp³-hybridized carbons (Fsp3) is 0. The molecule has 0 amide bonds. The summed E-state index contributed by atoms with van der Waals surface area (Å²) in [6.07, 6.45) is 0. The first-order valence-electron chi connectivity index (χ1n) is 6.06. The molecule has 1 N–H and O–H groups in total. The molecule has 0 fully saturated rings. The average Bonchev–Trinajstić information content (AvgIpc) is 2.97. The van der Waals surface area contributed by atoms with Crippen LogP contribution in [-0.2, 0) is 0 Å². The molecule has 3 rings (SSSR count). The van der Waals surface area contributed by atoms with Crippen molar-refractivity contribution in [2.75, 3.05) is 0 Å². The molecule has 21 heavy (non-hydrogen) atoms. The van der Waals surface area contributed by atoms with E-state index in [9.17, 15) is 4.79 Å². The fourth-order valence-electron chi connectivity index (χ4n) is 1.86. The van der Waals surface area contributed by atoms with Crippen molar-refractivity contribution >= 4 is 17.6 Å². The molecule has 0 saturated carbocycles. The Labute approximate surface area is 124 Å². The summed E-state index contributed by atoms with van der Waals surface area (Å²) in [5.74, 6) is -0.423. The van der Waals surface area contributed by atoms with Gasteiger partial charge >= 0.3 is 5.97 Å². The summed E-state index contributed by atoms with van der Waals surface area (Å²) < 4.78 is 5.57. The Hall–Kier alpha value is -2.66. The van der Waals surface area contributed by atoms with Gasteiger partial charge in [0.2, 0.25) is 11.8 Å². The molecule has 6 heteroatoms. The van der Waals surface area contributed by atoms with Crippen LogP contribution in [0.25, 0.3) is 22.9 Å². The van der Waals surface area contributed by atoms with Crippen LogP contribution in [0.2, 0.25) is 5.02 Å². The van der Waals surface area contributed by atoms with Gasteiger partial charge in [0.05, 0.1) is 5.56 Å². The molecule has 0 aliphatic carbocycles. The minimum absolute atomic E-state index is 0.162. The third kappa shape index (κ3) is 2.78. The Kier molecular flexibility index (Phi) is 3.41. The zero-order valence-corrected chi connectivity index (χ0v) is 11.4. The van der Waals surface area contributed by atoms with Gasteiger partial charge in [0.15, 0.2) is 0 Å². The van der Waals surface area contributed by atoms with Crippen molar-refractivity contribution in [3.8, 4) is 22.9 Å². The van der Waals surface area contributed by atoms with Crippen LogP contribution in [0.3, 0.4) is 0 Å². The fourth-order valence-corrected chi connectivity index (χ4v) is 2.05. The van der Waals surface area contributed by atoms with E-state index in [0.717, 1.165) is 0 Å². The van der Waals surface area contributed by atoms with Gasteiger partial charge in [0, 0.05) is 16.1 Å². The molecule has 0 saturated heterocycles. The van der Waals surface area contributed by atoms with E-state index in [0.29, 0.717) is 22.0 Å². The van der Waals surface area contributed by atoms with Crippen LogP contribution in [0.4, 0.5) is 0 Å². The quantitative estimate of drug-likeness (QED) is 0.797. The lowest BCUT2D eigenvalue weighted by Gasteiger charge is -1.98. The number of aromatic carboxylic acids is 1. The van der Waals surface area contributed by atoms with Crippen molar-refractivity contribution in [3.05, 3.63) is 59.1 Å². The number of carboxylic acids is 1. The van der Waals surface area contributed by atoms with Crippen LogP contribution in [0.5, 0.6) is 0 Å². The van der Waals surface area contributed by atoms with Crippen molar-refractivity contribution in [2.45, 2.75) is 0 Å². The van der Waals surface area contributed by atoms with Gasteiger partial charge in [-0.15, -0.1) is 10.2 Å². The van der Waals surface area contributed by atoms with E-state index in [2.05, 4.69) is 10.2 Å². The molecule has 2 aromatic carbocycles. The van der Waals surface area contributed by atoms with Gasteiger partial charge in [0.1, 0.15) is 0 Å². The second-order valence-electron chi connectivity index (χ2n) is 4.31. The van der Waals surface area contributed by atoms with Gasteiger partial charge < -0.3 is 9.52 Å². The highest BCUT2D eigenvalue weighted by molar-refractivity contribution is 6.30. The van der Waals surface area contributed by atoms with E-state index < -0.39 is 5.97 Å². The molecule has 0 radical (unpaired) electrons. The summed E-state index contributed by atoms with van der Waals surface area (Å²) in [7, 11) is 0. The van der Waals surface area contributed by atoms with E-state index >= 15 is 0 Å². The van der Waals surface area contributed by atoms with Crippen molar-refractivity contribution in [1.82, 2.24) is 10.2 Å². The van der Waals surface area contributed by atoms with Gasteiger partial charge in [-0.1, -0.05) is 23.7 Å². The molecular weight excluding hydrogens is 292 g/mol. The minimum atomic E-state index is -1.01. The van der Waals surface area contributed by atoms with Crippen molar-refractivity contribution in [3.63, 3.8) is 0 Å². The average molecular weight is 301 g/mol. The predicted octanol–water partition coefficient (Wildman–Crippen LogP) is 3.76. The van der Waals surface area contributed by atoms with E-state index in [4.69, 9.17) is 21.1 Å². The van der Waals surface area contributed by atoms with Gasteiger partial charge in [-0.25, -0.2) is 4.79 Å². The second kappa shape index (κ2) is 5.38. The Morgan fingerprint density at radius 2 is 1.62 bits per heavy atom. The molecule has 0 bridgehead atoms. The maximum Gasteiger partial charge on any atom is 0.335 e. The first kappa shape index (κ1) is 13.3. The zero-order chi connectivity index (χ0) is 14.8. The lowest BCUT2D eigenvalue weighted by molar-refractivity contribution is 0.0697. The van der Waals surface area contributed by atoms with E-state index in [1.807, 2.05) is 0 Å². The summed E-state index contributed by atoms with van der Waals surface area (Å²) in [6.45, 7) is 0. The minimum Gasteiger partial charge on any atom is -0.478 e. The summed E-state index contributed by atoms with van der Waals surface area (Å²) in [4.78, 5) is 11.0. The highest BCUT2D eigenvalue weighted by Crippen LogP contribution is 2.26. The number of hydrogen-bond donors (Lipinski definition) is 1. The Morgan fingerprint density at radius 3 is 2.24 bits per heavy atom. The summed E-state index contributed by atoms with van der Waals surface area (Å²) >= 11 is 5.92. The Bertz CT molecular complexity index is 814. The molecule has 0 atom stereocenters.